The molecule has 4 aromatic carbocycles. The largest absolute Gasteiger partial charge is 0.502 e. The minimum atomic E-state index is -1.06. The molecule has 4 aliphatic carbocycles. The van der Waals surface area contributed by atoms with E-state index in [4.69, 9.17) is 23.7 Å². The molecular weight excluding hydrogens is 855 g/mol. The Balaban J connectivity index is 0.937. The Kier molecular flexibility index (Phi) is 11.0. The van der Waals surface area contributed by atoms with E-state index >= 15 is 0 Å². The number of aliphatic hydroxyl groups is 3. The summed E-state index contributed by atoms with van der Waals surface area (Å²) in [5.41, 5.74) is 9.13. The number of ether oxygens (including phenoxy) is 5. The van der Waals surface area contributed by atoms with Gasteiger partial charge in [-0.1, -0.05) is 37.3 Å². The Morgan fingerprint density at radius 3 is 2.46 bits per heavy atom. The van der Waals surface area contributed by atoms with Crippen LogP contribution in [0.4, 0.5) is 5.69 Å². The summed E-state index contributed by atoms with van der Waals surface area (Å²) < 4.78 is 31.0. The maximum atomic E-state index is 12.9. The lowest BCUT2D eigenvalue weighted by Crippen LogP contribution is -2.60. The van der Waals surface area contributed by atoms with Gasteiger partial charge in [0.05, 0.1) is 45.7 Å². The summed E-state index contributed by atoms with van der Waals surface area (Å²) in [6, 6.07) is 13.5. The first-order valence-corrected chi connectivity index (χ1v) is 23.6. The molecule has 4 aromatic rings. The van der Waals surface area contributed by atoms with Crippen LogP contribution in [-0.2, 0) is 34.3 Å². The van der Waals surface area contributed by atoms with Crippen molar-refractivity contribution in [2.75, 3.05) is 59.2 Å². The summed E-state index contributed by atoms with van der Waals surface area (Å²) in [4.78, 5) is 27.1. The number of rotatable bonds is 14. The third-order valence-corrected chi connectivity index (χ3v) is 16.0. The second-order valence-electron chi connectivity index (χ2n) is 19.0. The van der Waals surface area contributed by atoms with Crippen LogP contribution in [0.15, 0.2) is 60.7 Å². The summed E-state index contributed by atoms with van der Waals surface area (Å²) in [7, 11) is 3.10. The first-order chi connectivity index (χ1) is 32.6. The summed E-state index contributed by atoms with van der Waals surface area (Å²) in [6.45, 7) is 3.19. The smallest absolute Gasteiger partial charge is 0.253 e. The number of anilines is 1. The standard InChI is InChI=1S/C53H57N3O11/c1-4-54-26-67-40-21-38(63-2)33-13-14-34-45-37(55-52(62)48(40)47(33)45)20-39-46(34)50(60)35(25-66-39)30-18-41(64-3)51(61)42(19-30)65-24-32(23-57)53-31-11-8-27-6-5-7-28(49(27)53)10-15-36(53)29(9-12-31)22-56-43(58)16-17-44(56)59/h5-7,10,15-21,29,31-32,35-36,50,52,54-55,57,60-62H,4,8-9,11-14,22-26H2,1-3H3/t29-,31+,32+,35+,36-,50+,52+,53+/m1/s1. The van der Waals surface area contributed by atoms with Crippen LogP contribution < -0.4 is 34.3 Å². The number of aryl methyl sites for hydroxylation is 1. The lowest BCUT2D eigenvalue weighted by molar-refractivity contribution is -0.138. The molecule has 6 N–H and O–H groups in total. The van der Waals surface area contributed by atoms with Crippen molar-refractivity contribution in [1.29, 1.82) is 0 Å². The van der Waals surface area contributed by atoms with Gasteiger partial charge < -0.3 is 49.4 Å². The summed E-state index contributed by atoms with van der Waals surface area (Å²) in [6.07, 6.45) is 9.70. The molecule has 0 spiro atoms. The molecule has 3 heterocycles. The van der Waals surface area contributed by atoms with Crippen molar-refractivity contribution >= 4 is 23.6 Å². The number of nitrogens with one attached hydrogen (secondary N) is 2. The van der Waals surface area contributed by atoms with E-state index < -0.39 is 29.6 Å². The number of nitrogens with zero attached hydrogens (tertiary/aromatic N) is 1. The van der Waals surface area contributed by atoms with Gasteiger partial charge in [0, 0.05) is 76.0 Å². The quantitative estimate of drug-likeness (QED) is 0.0477. The van der Waals surface area contributed by atoms with Gasteiger partial charge in [0.25, 0.3) is 11.8 Å². The predicted molar refractivity (Wildman–Crippen MR) is 249 cm³/mol. The average molecular weight is 912 g/mol. The number of phenols is 1. The van der Waals surface area contributed by atoms with Gasteiger partial charge >= 0.3 is 0 Å². The first-order valence-electron chi connectivity index (χ1n) is 23.6. The molecule has 0 aromatic heterocycles. The minimum Gasteiger partial charge on any atom is -0.502 e. The molecule has 14 heteroatoms. The number of fused-ring (bicyclic) bond motifs is 2. The van der Waals surface area contributed by atoms with Crippen LogP contribution in [0.3, 0.4) is 0 Å². The fourth-order valence-corrected chi connectivity index (χ4v) is 13.2. The fraction of sp³-hybridized carbons (Fsp3) is 0.434. The zero-order chi connectivity index (χ0) is 46.3. The van der Waals surface area contributed by atoms with Crippen molar-refractivity contribution in [3.63, 3.8) is 0 Å². The van der Waals surface area contributed by atoms with E-state index in [1.165, 1.54) is 35.3 Å². The Bertz CT molecular complexity index is 2730. The van der Waals surface area contributed by atoms with Crippen molar-refractivity contribution in [3.05, 3.63) is 105 Å². The molecule has 7 aliphatic rings. The zero-order valence-corrected chi connectivity index (χ0v) is 38.0. The van der Waals surface area contributed by atoms with Crippen molar-refractivity contribution in [3.8, 4) is 45.6 Å². The van der Waals surface area contributed by atoms with Crippen molar-refractivity contribution in [2.45, 2.75) is 69.1 Å². The molecule has 0 radical (unpaired) electrons. The van der Waals surface area contributed by atoms with E-state index in [2.05, 4.69) is 41.0 Å². The van der Waals surface area contributed by atoms with Gasteiger partial charge in [0.2, 0.25) is 5.75 Å². The van der Waals surface area contributed by atoms with Crippen LogP contribution in [0.1, 0.15) is 88.9 Å². The highest BCUT2D eigenvalue weighted by Gasteiger charge is 2.59. The number of carbonyl (C=O) groups excluding carboxylic acids is 2. The Labute approximate surface area is 389 Å². The average Bonchev–Trinajstić information content (AvgIpc) is 3.65. The molecule has 350 valence electrons. The van der Waals surface area contributed by atoms with Crippen LogP contribution in [0, 0.1) is 23.7 Å². The lowest BCUT2D eigenvalue weighted by atomic mass is 9.44. The first kappa shape index (κ1) is 43.5. The number of hydrogen-bond donors (Lipinski definition) is 6. The topological polar surface area (TPSA) is 189 Å². The highest BCUT2D eigenvalue weighted by atomic mass is 16.5. The highest BCUT2D eigenvalue weighted by molar-refractivity contribution is 6.12. The van der Waals surface area contributed by atoms with Crippen LogP contribution >= 0.6 is 0 Å². The molecule has 8 atom stereocenters. The Hall–Kier alpha value is -6.06. The van der Waals surface area contributed by atoms with Crippen molar-refractivity contribution in [2.24, 2.45) is 23.7 Å². The van der Waals surface area contributed by atoms with Crippen LogP contribution in [0.25, 0.3) is 17.2 Å². The number of aliphatic hydroxyl groups excluding tert-OH is 3. The molecule has 67 heavy (non-hydrogen) atoms. The lowest BCUT2D eigenvalue weighted by Gasteiger charge is -2.60. The van der Waals surface area contributed by atoms with Gasteiger partial charge in [-0.15, -0.1) is 0 Å². The molecule has 3 aliphatic heterocycles. The second kappa shape index (κ2) is 16.9. The normalized spacial score (nSPS) is 26.2. The number of aromatic hydroxyl groups is 1. The minimum absolute atomic E-state index is 0.0431. The molecule has 0 saturated heterocycles. The number of phenolic OH excluding ortho intramolecular Hbond substituents is 1. The van der Waals surface area contributed by atoms with Gasteiger partial charge in [0.15, 0.2) is 17.7 Å². The molecule has 0 bridgehead atoms. The van der Waals surface area contributed by atoms with Crippen molar-refractivity contribution < 1.29 is 53.7 Å². The third kappa shape index (κ3) is 6.65. The summed E-state index contributed by atoms with van der Waals surface area (Å²) in [5.74, 6) is 0.232. The fourth-order valence-electron chi connectivity index (χ4n) is 13.2. The van der Waals surface area contributed by atoms with Gasteiger partial charge in [-0.2, -0.15) is 0 Å². The van der Waals surface area contributed by atoms with Crippen LogP contribution in [0.2, 0.25) is 0 Å². The number of imide groups is 1. The van der Waals surface area contributed by atoms with Gasteiger partial charge in [-0.05, 0) is 103 Å². The predicted octanol–water partition coefficient (Wildman–Crippen LogP) is 6.21. The molecule has 1 saturated carbocycles. The molecule has 11 rings (SSSR count). The van der Waals surface area contributed by atoms with E-state index in [-0.39, 0.29) is 79.9 Å². The number of hydrogen-bond acceptors (Lipinski definition) is 13. The SMILES string of the molecule is CCNCOc1cc(OC)c2c3c1[C@H](O)Nc1cc4c(c(c1-3)CC2)[C@@H](O)[C@H](c1cc(OC)c(O)c(OC[C@H](CO)[C@@]23c5c6cccc5CC[C@H]2CC[C@H](CN2C(=O)C=CC2=O)[C@H]3C=C6)c1)CO4. The summed E-state index contributed by atoms with van der Waals surface area (Å²) >= 11 is 0. The van der Waals surface area contributed by atoms with Gasteiger partial charge in [-0.3, -0.25) is 19.8 Å². The number of methoxy groups -OCH3 is 2. The van der Waals surface area contributed by atoms with E-state index in [0.29, 0.717) is 59.0 Å². The maximum absolute atomic E-state index is 12.9. The van der Waals surface area contributed by atoms with Crippen molar-refractivity contribution in [1.82, 2.24) is 10.2 Å². The highest BCUT2D eigenvalue weighted by Crippen LogP contribution is 2.63. The second-order valence-corrected chi connectivity index (χ2v) is 19.0. The molecule has 2 amide bonds. The number of amides is 2. The zero-order valence-electron chi connectivity index (χ0n) is 38.0. The maximum Gasteiger partial charge on any atom is 0.253 e. The van der Waals surface area contributed by atoms with Gasteiger partial charge in [-0.25, -0.2) is 0 Å². The van der Waals surface area contributed by atoms with E-state index in [1.807, 2.05) is 19.1 Å². The number of carbonyl (C=O) groups is 2. The van der Waals surface area contributed by atoms with Gasteiger partial charge in [0.1, 0.15) is 24.0 Å². The monoisotopic (exact) mass is 911 g/mol. The number of benzene rings is 4. The molecule has 14 nitrogen and oxygen atoms in total. The Morgan fingerprint density at radius 2 is 1.69 bits per heavy atom. The third-order valence-electron chi connectivity index (χ3n) is 16.0. The van der Waals surface area contributed by atoms with Crippen LogP contribution in [0.5, 0.6) is 34.5 Å². The molecule has 1 fully saturated rings. The van der Waals surface area contributed by atoms with E-state index in [0.717, 1.165) is 53.5 Å². The van der Waals surface area contributed by atoms with E-state index in [1.54, 1.807) is 19.2 Å². The summed E-state index contributed by atoms with van der Waals surface area (Å²) in [5, 5.41) is 53.8. The molecular formula is C53H57N3O11. The van der Waals surface area contributed by atoms with Crippen LogP contribution in [-0.4, -0.2) is 91.0 Å². The Morgan fingerprint density at radius 1 is 0.896 bits per heavy atom. The van der Waals surface area contributed by atoms with E-state index in [9.17, 15) is 30.0 Å². The molecule has 0 unspecified atom stereocenters. The number of allylic oxidation sites excluding steroid dienone is 1.